The van der Waals surface area contributed by atoms with E-state index in [0.29, 0.717) is 30.3 Å². The van der Waals surface area contributed by atoms with Crippen molar-refractivity contribution in [1.82, 2.24) is 40.4 Å². The molecule has 0 radical (unpaired) electrons. The van der Waals surface area contributed by atoms with Gasteiger partial charge in [0.15, 0.2) is 0 Å². The quantitative estimate of drug-likeness (QED) is 0.107. The first-order valence-corrected chi connectivity index (χ1v) is 19.0. The number of rotatable bonds is 11. The number of aromatic nitrogens is 4. The summed E-state index contributed by atoms with van der Waals surface area (Å²) in [6.07, 6.45) is 7.70. The number of carbonyl (C=O) groups is 4. The Morgan fingerprint density at radius 3 is 1.88 bits per heavy atom. The van der Waals surface area contributed by atoms with Crippen molar-refractivity contribution in [3.05, 3.63) is 121 Å². The maximum Gasteiger partial charge on any atom is 0.407 e. The summed E-state index contributed by atoms with van der Waals surface area (Å²) in [5.41, 5.74) is 6.29. The Morgan fingerprint density at radius 1 is 0.719 bits per heavy atom. The van der Waals surface area contributed by atoms with E-state index in [1.165, 1.54) is 14.2 Å². The maximum absolute atomic E-state index is 13.8. The van der Waals surface area contributed by atoms with Crippen LogP contribution in [0.2, 0.25) is 0 Å². The van der Waals surface area contributed by atoms with E-state index < -0.39 is 30.3 Å². The standard InChI is InChI=1S/C43H46N8O6/c1-26(2)36(48-42(54)56-3)40(52)50-22-8-12-34(50)38-44-24-32(46-38)29-18-14-27(15-19-29)28-16-20-30(21-17-28)33-25-45-39(47-33)35-13-9-23-51(35)41(53)37(49-43(55)57-4)31-10-6-5-7-11-31/h5-7,9-11,13-21,24-26,34-37H,8,12,22-23H2,1-4H3,(H,44,46)(H,45,47)(H,48,54)(H,49,55)/t34-,35?,36-,37?/m0/s1. The summed E-state index contributed by atoms with van der Waals surface area (Å²) in [6.45, 7) is 4.75. The number of carbonyl (C=O) groups excluding carboxylic acids is 4. The first-order valence-electron chi connectivity index (χ1n) is 19.0. The molecule has 57 heavy (non-hydrogen) atoms. The topological polar surface area (TPSA) is 175 Å². The number of amides is 4. The van der Waals surface area contributed by atoms with Crippen molar-refractivity contribution in [3.63, 3.8) is 0 Å². The number of hydrogen-bond donors (Lipinski definition) is 4. The maximum atomic E-state index is 13.8. The normalized spacial score (nSPS) is 17.4. The van der Waals surface area contributed by atoms with Gasteiger partial charge in [-0.1, -0.05) is 105 Å². The molecule has 7 rings (SSSR count). The van der Waals surface area contributed by atoms with E-state index in [1.54, 1.807) is 34.3 Å². The minimum atomic E-state index is -0.920. The zero-order valence-electron chi connectivity index (χ0n) is 32.3. The SMILES string of the molecule is COC(=O)NC(C(=O)N1CC=CC1c1ncc(-c2ccc(-c3ccc(-c4cnc([C@@H]5CCCN5C(=O)[C@@H](NC(=O)OC)C(C)C)[nH]4)cc3)cc2)[nH]1)c1ccccc1. The highest BCUT2D eigenvalue weighted by Crippen LogP contribution is 2.34. The Labute approximate surface area is 330 Å². The van der Waals surface area contributed by atoms with Crippen LogP contribution >= 0.6 is 0 Å². The summed E-state index contributed by atoms with van der Waals surface area (Å²) in [7, 11) is 2.55. The molecule has 2 aliphatic rings. The van der Waals surface area contributed by atoms with E-state index >= 15 is 0 Å². The molecule has 2 aromatic heterocycles. The van der Waals surface area contributed by atoms with Crippen LogP contribution in [0.15, 0.2) is 103 Å². The van der Waals surface area contributed by atoms with Crippen LogP contribution in [0.5, 0.6) is 0 Å². The summed E-state index contributed by atoms with van der Waals surface area (Å²) < 4.78 is 9.56. The van der Waals surface area contributed by atoms with Crippen LogP contribution in [0.1, 0.15) is 62.0 Å². The van der Waals surface area contributed by atoms with Gasteiger partial charge in [0, 0.05) is 13.1 Å². The Kier molecular flexibility index (Phi) is 11.5. The molecule has 4 heterocycles. The third-order valence-electron chi connectivity index (χ3n) is 10.5. The smallest absolute Gasteiger partial charge is 0.407 e. The van der Waals surface area contributed by atoms with Gasteiger partial charge in [-0.25, -0.2) is 19.6 Å². The van der Waals surface area contributed by atoms with E-state index in [0.717, 1.165) is 46.5 Å². The summed E-state index contributed by atoms with van der Waals surface area (Å²) in [4.78, 5) is 71.1. The van der Waals surface area contributed by atoms with Crippen molar-refractivity contribution in [1.29, 1.82) is 0 Å². The van der Waals surface area contributed by atoms with Crippen LogP contribution < -0.4 is 10.6 Å². The van der Waals surface area contributed by atoms with Crippen molar-refractivity contribution in [2.24, 2.45) is 5.92 Å². The highest BCUT2D eigenvalue weighted by Gasteiger charge is 2.38. The average Bonchev–Trinajstić information content (AvgIpc) is 4.09. The second-order valence-electron chi connectivity index (χ2n) is 14.4. The molecule has 5 aromatic rings. The minimum absolute atomic E-state index is 0.110. The van der Waals surface area contributed by atoms with Gasteiger partial charge >= 0.3 is 12.2 Å². The lowest BCUT2D eigenvalue weighted by Crippen LogP contribution is -2.51. The molecule has 2 aliphatic heterocycles. The fraction of sp³-hybridized carbons (Fsp3) is 0.302. The molecule has 14 heteroatoms. The lowest BCUT2D eigenvalue weighted by atomic mass is 10.0. The predicted octanol–water partition coefficient (Wildman–Crippen LogP) is 6.71. The third-order valence-corrected chi connectivity index (χ3v) is 10.5. The van der Waals surface area contributed by atoms with Crippen LogP contribution in [-0.4, -0.2) is 87.1 Å². The number of benzene rings is 3. The number of nitrogens with one attached hydrogen (secondary N) is 4. The third kappa shape index (κ3) is 8.30. The molecule has 3 aromatic carbocycles. The van der Waals surface area contributed by atoms with Gasteiger partial charge in [-0.05, 0) is 46.6 Å². The van der Waals surface area contributed by atoms with Gasteiger partial charge in [-0.2, -0.15) is 0 Å². The minimum Gasteiger partial charge on any atom is -0.453 e. The van der Waals surface area contributed by atoms with E-state index in [-0.39, 0.29) is 23.8 Å². The molecule has 1 fully saturated rings. The predicted molar refractivity (Wildman–Crippen MR) is 213 cm³/mol. The van der Waals surface area contributed by atoms with Gasteiger partial charge in [0.25, 0.3) is 5.91 Å². The molecule has 294 valence electrons. The van der Waals surface area contributed by atoms with Gasteiger partial charge in [-0.15, -0.1) is 0 Å². The zero-order valence-corrected chi connectivity index (χ0v) is 32.3. The number of methoxy groups -OCH3 is 2. The lowest BCUT2D eigenvalue weighted by molar-refractivity contribution is -0.135. The van der Waals surface area contributed by atoms with Gasteiger partial charge in [0.1, 0.15) is 29.8 Å². The van der Waals surface area contributed by atoms with Crippen molar-refractivity contribution in [2.75, 3.05) is 27.3 Å². The van der Waals surface area contributed by atoms with Crippen LogP contribution in [0.3, 0.4) is 0 Å². The largest absolute Gasteiger partial charge is 0.453 e. The summed E-state index contributed by atoms with van der Waals surface area (Å²) in [5, 5.41) is 5.37. The molecule has 4 atom stereocenters. The van der Waals surface area contributed by atoms with Crippen molar-refractivity contribution >= 4 is 24.0 Å². The molecule has 4 amide bonds. The van der Waals surface area contributed by atoms with Crippen LogP contribution in [0.4, 0.5) is 9.59 Å². The fourth-order valence-corrected chi connectivity index (χ4v) is 7.43. The molecule has 4 N–H and O–H groups in total. The Hall–Kier alpha value is -6.70. The van der Waals surface area contributed by atoms with E-state index in [9.17, 15) is 19.2 Å². The lowest BCUT2D eigenvalue weighted by Gasteiger charge is -2.30. The van der Waals surface area contributed by atoms with Gasteiger partial charge in [0.2, 0.25) is 5.91 Å². The second kappa shape index (κ2) is 17.0. The number of ether oxygens (including phenoxy) is 2. The van der Waals surface area contributed by atoms with Gasteiger partial charge < -0.3 is 39.9 Å². The Balaban J connectivity index is 1.01. The molecule has 0 saturated carbocycles. The Bertz CT molecular complexity index is 2230. The fourth-order valence-electron chi connectivity index (χ4n) is 7.43. The van der Waals surface area contributed by atoms with E-state index in [4.69, 9.17) is 9.47 Å². The van der Waals surface area contributed by atoms with Gasteiger partial charge in [0.05, 0.1) is 44.0 Å². The highest BCUT2D eigenvalue weighted by atomic mass is 16.5. The first-order chi connectivity index (χ1) is 27.6. The van der Waals surface area contributed by atoms with E-state index in [2.05, 4.69) is 54.8 Å². The molecular formula is C43H46N8O6. The number of likely N-dealkylation sites (tertiary alicyclic amines) is 1. The van der Waals surface area contributed by atoms with Crippen LogP contribution in [-0.2, 0) is 19.1 Å². The second-order valence-corrected chi connectivity index (χ2v) is 14.4. The summed E-state index contributed by atoms with van der Waals surface area (Å²) >= 11 is 0. The number of aromatic amines is 2. The molecule has 1 saturated heterocycles. The van der Waals surface area contributed by atoms with E-state index in [1.807, 2.05) is 68.5 Å². The zero-order chi connectivity index (χ0) is 40.1. The summed E-state index contributed by atoms with van der Waals surface area (Å²) in [6, 6.07) is 23.2. The number of imidazole rings is 2. The average molecular weight is 771 g/mol. The molecule has 0 bridgehead atoms. The number of alkyl carbamates (subject to hydrolysis) is 2. The number of H-pyrrole nitrogens is 2. The van der Waals surface area contributed by atoms with Gasteiger partial charge in [-0.3, -0.25) is 9.59 Å². The highest BCUT2D eigenvalue weighted by molar-refractivity contribution is 5.88. The Morgan fingerprint density at radius 2 is 1.28 bits per heavy atom. The van der Waals surface area contributed by atoms with Crippen molar-refractivity contribution in [2.45, 2.75) is 50.9 Å². The molecule has 0 aliphatic carbocycles. The van der Waals surface area contributed by atoms with Crippen molar-refractivity contribution in [3.8, 4) is 33.6 Å². The molecule has 0 spiro atoms. The van der Waals surface area contributed by atoms with Crippen LogP contribution in [0.25, 0.3) is 33.6 Å². The van der Waals surface area contributed by atoms with Crippen LogP contribution in [0, 0.1) is 5.92 Å². The summed E-state index contributed by atoms with van der Waals surface area (Å²) in [5.74, 6) is 0.796. The number of nitrogens with zero attached hydrogens (tertiary/aromatic N) is 4. The monoisotopic (exact) mass is 770 g/mol. The number of hydrogen-bond acceptors (Lipinski definition) is 8. The molecule has 2 unspecified atom stereocenters. The molecule has 14 nitrogen and oxygen atoms in total. The first kappa shape index (κ1) is 38.6. The molecular weight excluding hydrogens is 725 g/mol. The van der Waals surface area contributed by atoms with Crippen molar-refractivity contribution < 1.29 is 28.7 Å².